The standard InChI is InChI=1S/C24H35N5O7/c1-13(2)10-18(23(34)29-9-3-4-19(29)24(35)36)28-22(33)17(12-20(26)31)27-21(32)16(25)11-14-5-7-15(30)8-6-14/h5-8,13,16-19,30H,3-4,9-12,25H2,1-2H3,(H2,26,31)(H,27,32)(H,28,33)(H,35,36). The lowest BCUT2D eigenvalue weighted by molar-refractivity contribution is -0.149. The summed E-state index contributed by atoms with van der Waals surface area (Å²) in [5.74, 6) is -3.96. The summed E-state index contributed by atoms with van der Waals surface area (Å²) in [5.41, 5.74) is 11.9. The Hall–Kier alpha value is -3.67. The van der Waals surface area contributed by atoms with Crippen LogP contribution in [0, 0.1) is 5.92 Å². The Balaban J connectivity index is 2.13. The number of phenolic OH excluding ortho intramolecular Hbond substituents is 1. The van der Waals surface area contributed by atoms with Gasteiger partial charge in [0, 0.05) is 6.54 Å². The van der Waals surface area contributed by atoms with Gasteiger partial charge in [-0.15, -0.1) is 0 Å². The van der Waals surface area contributed by atoms with Crippen molar-refractivity contribution < 1.29 is 34.2 Å². The van der Waals surface area contributed by atoms with Crippen molar-refractivity contribution in [2.24, 2.45) is 17.4 Å². The third-order valence-electron chi connectivity index (χ3n) is 5.91. The molecule has 1 aliphatic rings. The van der Waals surface area contributed by atoms with Crippen LogP contribution < -0.4 is 22.1 Å². The van der Waals surface area contributed by atoms with E-state index in [1.54, 1.807) is 12.1 Å². The maximum Gasteiger partial charge on any atom is 0.326 e. The number of nitrogens with one attached hydrogen (secondary N) is 2. The van der Waals surface area contributed by atoms with E-state index < -0.39 is 60.2 Å². The Bertz CT molecular complexity index is 966. The predicted octanol–water partition coefficient (Wildman–Crippen LogP) is -0.771. The fourth-order valence-corrected chi connectivity index (χ4v) is 4.12. The molecule has 4 unspecified atom stereocenters. The first-order valence-electron chi connectivity index (χ1n) is 11.8. The molecular formula is C24H35N5O7. The van der Waals surface area contributed by atoms with Crippen LogP contribution in [0.3, 0.4) is 0 Å². The highest BCUT2D eigenvalue weighted by Crippen LogP contribution is 2.20. The maximum atomic E-state index is 13.2. The summed E-state index contributed by atoms with van der Waals surface area (Å²) < 4.78 is 0. The molecule has 0 spiro atoms. The summed E-state index contributed by atoms with van der Waals surface area (Å²) in [6.07, 6.45) is 0.669. The number of likely N-dealkylation sites (tertiary alicyclic amines) is 1. The number of nitrogens with two attached hydrogens (primary N) is 2. The number of carbonyl (C=O) groups excluding carboxylic acids is 4. The molecule has 4 atom stereocenters. The summed E-state index contributed by atoms with van der Waals surface area (Å²) >= 11 is 0. The van der Waals surface area contributed by atoms with Crippen LogP contribution in [0.4, 0.5) is 0 Å². The molecule has 12 nitrogen and oxygen atoms in total. The Labute approximate surface area is 209 Å². The molecular weight excluding hydrogens is 470 g/mol. The van der Waals surface area contributed by atoms with E-state index in [9.17, 15) is 34.2 Å². The molecule has 0 aromatic heterocycles. The van der Waals surface area contributed by atoms with Crippen LogP contribution in [0.25, 0.3) is 0 Å². The Morgan fingerprint density at radius 2 is 1.67 bits per heavy atom. The van der Waals surface area contributed by atoms with Crippen molar-refractivity contribution in [1.29, 1.82) is 0 Å². The number of amides is 4. The zero-order chi connectivity index (χ0) is 27.0. The summed E-state index contributed by atoms with van der Waals surface area (Å²) in [5, 5.41) is 23.8. The van der Waals surface area contributed by atoms with Crippen molar-refractivity contribution in [2.75, 3.05) is 6.54 Å². The van der Waals surface area contributed by atoms with Crippen LogP contribution in [0.1, 0.15) is 45.1 Å². The number of carbonyl (C=O) groups is 5. The van der Waals surface area contributed by atoms with Gasteiger partial charge in [0.2, 0.25) is 23.6 Å². The van der Waals surface area contributed by atoms with Crippen LogP contribution >= 0.6 is 0 Å². The van der Waals surface area contributed by atoms with E-state index in [0.29, 0.717) is 18.4 Å². The van der Waals surface area contributed by atoms with E-state index in [4.69, 9.17) is 11.5 Å². The molecule has 1 fully saturated rings. The van der Waals surface area contributed by atoms with Crippen LogP contribution in [-0.2, 0) is 30.4 Å². The molecule has 1 saturated heterocycles. The number of nitrogens with zero attached hydrogens (tertiary/aromatic N) is 1. The lowest BCUT2D eigenvalue weighted by Crippen LogP contribution is -2.58. The molecule has 0 bridgehead atoms. The minimum atomic E-state index is -1.38. The summed E-state index contributed by atoms with van der Waals surface area (Å²) in [6, 6.07) is 1.64. The molecule has 1 aromatic carbocycles. The number of primary amides is 1. The lowest BCUT2D eigenvalue weighted by atomic mass is 10.0. The second-order valence-electron chi connectivity index (χ2n) is 9.43. The molecule has 8 N–H and O–H groups in total. The van der Waals surface area contributed by atoms with Crippen molar-refractivity contribution >= 4 is 29.6 Å². The van der Waals surface area contributed by atoms with Gasteiger partial charge in [-0.1, -0.05) is 26.0 Å². The second kappa shape index (κ2) is 12.9. The third-order valence-corrected chi connectivity index (χ3v) is 5.91. The number of benzene rings is 1. The zero-order valence-corrected chi connectivity index (χ0v) is 20.5. The van der Waals surface area contributed by atoms with E-state index in [1.807, 2.05) is 13.8 Å². The molecule has 198 valence electrons. The van der Waals surface area contributed by atoms with Crippen molar-refractivity contribution in [2.45, 2.75) is 70.1 Å². The fourth-order valence-electron chi connectivity index (χ4n) is 4.12. The minimum Gasteiger partial charge on any atom is -0.508 e. The van der Waals surface area contributed by atoms with Gasteiger partial charge in [0.25, 0.3) is 0 Å². The molecule has 36 heavy (non-hydrogen) atoms. The van der Waals surface area contributed by atoms with Crippen LogP contribution in [0.15, 0.2) is 24.3 Å². The van der Waals surface area contributed by atoms with Gasteiger partial charge in [-0.05, 0) is 49.3 Å². The van der Waals surface area contributed by atoms with Gasteiger partial charge in [-0.25, -0.2) is 4.79 Å². The third kappa shape index (κ3) is 8.22. The Morgan fingerprint density at radius 1 is 1.06 bits per heavy atom. The molecule has 1 aromatic rings. The molecule has 0 aliphatic carbocycles. The molecule has 0 radical (unpaired) electrons. The van der Waals surface area contributed by atoms with Crippen molar-refractivity contribution in [1.82, 2.24) is 15.5 Å². The van der Waals surface area contributed by atoms with Gasteiger partial charge < -0.3 is 37.2 Å². The van der Waals surface area contributed by atoms with Gasteiger partial charge in [0.15, 0.2) is 0 Å². The van der Waals surface area contributed by atoms with Gasteiger partial charge in [0.1, 0.15) is 23.9 Å². The lowest BCUT2D eigenvalue weighted by Gasteiger charge is -2.29. The van der Waals surface area contributed by atoms with E-state index in [1.165, 1.54) is 17.0 Å². The highest BCUT2D eigenvalue weighted by Gasteiger charge is 2.38. The Morgan fingerprint density at radius 3 is 2.22 bits per heavy atom. The largest absolute Gasteiger partial charge is 0.508 e. The number of rotatable bonds is 12. The summed E-state index contributed by atoms with van der Waals surface area (Å²) in [6.45, 7) is 3.94. The van der Waals surface area contributed by atoms with Crippen LogP contribution in [0.5, 0.6) is 5.75 Å². The molecule has 12 heteroatoms. The second-order valence-corrected chi connectivity index (χ2v) is 9.43. The van der Waals surface area contributed by atoms with E-state index in [-0.39, 0.29) is 31.1 Å². The van der Waals surface area contributed by atoms with Gasteiger partial charge in [-0.3, -0.25) is 19.2 Å². The SMILES string of the molecule is CC(C)CC(NC(=O)C(CC(N)=O)NC(=O)C(N)Cc1ccc(O)cc1)C(=O)N1CCCC1C(=O)O. The minimum absolute atomic E-state index is 0.0203. The first kappa shape index (κ1) is 28.6. The fraction of sp³-hybridized carbons (Fsp3) is 0.542. The molecule has 2 rings (SSSR count). The van der Waals surface area contributed by atoms with Crippen LogP contribution in [-0.4, -0.2) is 75.4 Å². The summed E-state index contributed by atoms with van der Waals surface area (Å²) in [7, 11) is 0. The number of carboxylic acid groups (broad SMARTS) is 1. The van der Waals surface area contributed by atoms with Crippen LogP contribution in [0.2, 0.25) is 0 Å². The van der Waals surface area contributed by atoms with Crippen molar-refractivity contribution in [3.63, 3.8) is 0 Å². The van der Waals surface area contributed by atoms with Gasteiger partial charge >= 0.3 is 5.97 Å². The normalized spacial score (nSPS) is 17.8. The summed E-state index contributed by atoms with van der Waals surface area (Å²) in [4.78, 5) is 63.3. The molecule has 1 heterocycles. The number of phenols is 1. The zero-order valence-electron chi connectivity index (χ0n) is 20.5. The van der Waals surface area contributed by atoms with E-state index in [0.717, 1.165) is 0 Å². The van der Waals surface area contributed by atoms with Gasteiger partial charge in [-0.2, -0.15) is 0 Å². The van der Waals surface area contributed by atoms with Crippen molar-refractivity contribution in [3.05, 3.63) is 29.8 Å². The van der Waals surface area contributed by atoms with Gasteiger partial charge in [0.05, 0.1) is 12.5 Å². The number of aromatic hydroxyl groups is 1. The van der Waals surface area contributed by atoms with E-state index >= 15 is 0 Å². The highest BCUT2D eigenvalue weighted by molar-refractivity contribution is 5.96. The highest BCUT2D eigenvalue weighted by atomic mass is 16.4. The number of carboxylic acids is 1. The monoisotopic (exact) mass is 505 g/mol. The smallest absolute Gasteiger partial charge is 0.326 e. The average Bonchev–Trinajstić information content (AvgIpc) is 3.28. The molecule has 4 amide bonds. The quantitative estimate of drug-likeness (QED) is 0.212. The molecule has 1 aliphatic heterocycles. The predicted molar refractivity (Wildman–Crippen MR) is 129 cm³/mol. The number of hydrogen-bond donors (Lipinski definition) is 6. The maximum absolute atomic E-state index is 13.2. The Kier molecular flexibility index (Phi) is 10.2. The molecule has 0 saturated carbocycles. The average molecular weight is 506 g/mol. The topological polar surface area (TPSA) is 205 Å². The van der Waals surface area contributed by atoms with E-state index in [2.05, 4.69) is 10.6 Å². The first-order chi connectivity index (χ1) is 16.9. The number of aliphatic carboxylic acids is 1. The number of hydrogen-bond acceptors (Lipinski definition) is 7. The first-order valence-corrected chi connectivity index (χ1v) is 11.8. The van der Waals surface area contributed by atoms with Crippen molar-refractivity contribution in [3.8, 4) is 5.75 Å².